The average molecular weight is 488 g/mol. The van der Waals surface area contributed by atoms with E-state index < -0.39 is 10.8 Å². The molecule has 0 amide bonds. The van der Waals surface area contributed by atoms with Crippen molar-refractivity contribution < 1.29 is 19.1 Å². The number of likely N-dealkylation sites (N-methyl/N-ethyl adjacent to an activating group) is 1. The summed E-state index contributed by atoms with van der Waals surface area (Å²) in [4.78, 5) is 28.1. The molecule has 0 spiro atoms. The summed E-state index contributed by atoms with van der Waals surface area (Å²) in [6.45, 7) is 8.71. The molecule has 0 saturated heterocycles. The van der Waals surface area contributed by atoms with E-state index in [1.54, 1.807) is 0 Å². The van der Waals surface area contributed by atoms with Crippen LogP contribution in [0.15, 0.2) is 54.6 Å². The van der Waals surface area contributed by atoms with Gasteiger partial charge in [0.05, 0.1) is 10.8 Å². The topological polar surface area (TPSA) is 55.8 Å². The molecule has 1 unspecified atom stereocenters. The van der Waals surface area contributed by atoms with Gasteiger partial charge in [-0.3, -0.25) is 9.59 Å². The third-order valence-corrected chi connectivity index (χ3v) is 7.41. The number of hydrogen-bond donors (Lipinski definition) is 0. The summed E-state index contributed by atoms with van der Waals surface area (Å²) in [7, 11) is 3.87. The molecule has 0 aliphatic carbocycles. The molecule has 4 aromatic rings. The second kappa shape index (κ2) is 10.1. The summed E-state index contributed by atoms with van der Waals surface area (Å²) < 4.78 is 11.4. The van der Waals surface area contributed by atoms with Crippen molar-refractivity contribution in [2.24, 2.45) is 10.8 Å². The fourth-order valence-corrected chi connectivity index (χ4v) is 5.14. The predicted octanol–water partition coefficient (Wildman–Crippen LogP) is 6.56. The normalized spacial score (nSPS) is 14.0. The minimum absolute atomic E-state index is 0.187. The number of carbonyl (C=O) groups is 2. The van der Waals surface area contributed by atoms with Crippen molar-refractivity contribution in [3.8, 4) is 0 Å². The van der Waals surface area contributed by atoms with Gasteiger partial charge in [-0.05, 0) is 85.6 Å². The Kier molecular flexibility index (Phi) is 7.24. The van der Waals surface area contributed by atoms with Crippen LogP contribution in [0.4, 0.5) is 0 Å². The van der Waals surface area contributed by atoms with Crippen LogP contribution in [0.2, 0.25) is 0 Å². The van der Waals surface area contributed by atoms with Crippen LogP contribution < -0.4 is 0 Å². The molecule has 0 bridgehead atoms. The van der Waals surface area contributed by atoms with Gasteiger partial charge in [-0.2, -0.15) is 0 Å². The minimum Gasteiger partial charge on any atom is -0.464 e. The summed E-state index contributed by atoms with van der Waals surface area (Å²) >= 11 is 0. The Hall–Kier alpha value is -3.18. The number of ether oxygens (including phenoxy) is 2. The molecule has 0 aromatic heterocycles. The molecule has 4 rings (SSSR count). The zero-order chi connectivity index (χ0) is 26.1. The molecule has 0 aliphatic rings. The van der Waals surface area contributed by atoms with E-state index in [-0.39, 0.29) is 18.5 Å². The van der Waals surface area contributed by atoms with Gasteiger partial charge in [0.25, 0.3) is 0 Å². The first kappa shape index (κ1) is 25.9. The van der Waals surface area contributed by atoms with Crippen molar-refractivity contribution in [2.45, 2.75) is 47.1 Å². The first-order valence-electron chi connectivity index (χ1n) is 12.7. The fraction of sp³-hybridized carbons (Fsp3) is 0.419. The van der Waals surface area contributed by atoms with Crippen LogP contribution >= 0.6 is 0 Å². The van der Waals surface area contributed by atoms with Crippen LogP contribution in [0.5, 0.6) is 0 Å². The van der Waals surface area contributed by atoms with Crippen molar-refractivity contribution in [2.75, 3.05) is 27.2 Å². The summed E-state index contributed by atoms with van der Waals surface area (Å²) in [5, 5.41) is 7.14. The molecule has 0 aliphatic heterocycles. The van der Waals surface area contributed by atoms with Gasteiger partial charge in [-0.25, -0.2) is 0 Å². The fourth-order valence-electron chi connectivity index (χ4n) is 5.14. The summed E-state index contributed by atoms with van der Waals surface area (Å²) in [6.07, 6.45) is 0.939. The lowest BCUT2D eigenvalue weighted by Gasteiger charge is -2.33. The SMILES string of the molecule is CCC(C)(CC(C)(C)C(=O)OCc1ccc2ccc3cccc4ccc1c2c34)C(=O)OCCN(C)C. The van der Waals surface area contributed by atoms with Crippen LogP contribution in [-0.4, -0.2) is 44.1 Å². The molecule has 5 nitrogen and oxygen atoms in total. The highest BCUT2D eigenvalue weighted by Gasteiger charge is 2.43. The molecule has 0 heterocycles. The van der Waals surface area contributed by atoms with E-state index in [2.05, 4.69) is 48.5 Å². The molecule has 1 atom stereocenters. The molecule has 5 heteroatoms. The van der Waals surface area contributed by atoms with E-state index >= 15 is 0 Å². The first-order chi connectivity index (χ1) is 17.1. The van der Waals surface area contributed by atoms with Gasteiger partial charge in [0.1, 0.15) is 13.2 Å². The molecule has 0 N–H and O–H groups in total. The smallest absolute Gasteiger partial charge is 0.311 e. The number of nitrogens with zero attached hydrogens (tertiary/aromatic N) is 1. The van der Waals surface area contributed by atoms with E-state index in [1.807, 2.05) is 52.8 Å². The lowest BCUT2D eigenvalue weighted by molar-refractivity contribution is -0.164. The van der Waals surface area contributed by atoms with Gasteiger partial charge < -0.3 is 14.4 Å². The Balaban J connectivity index is 1.51. The number of rotatable bonds is 10. The first-order valence-corrected chi connectivity index (χ1v) is 12.7. The maximum atomic E-state index is 13.2. The molecular weight excluding hydrogens is 450 g/mol. The van der Waals surface area contributed by atoms with Gasteiger partial charge in [0.15, 0.2) is 0 Å². The van der Waals surface area contributed by atoms with Crippen LogP contribution in [-0.2, 0) is 25.7 Å². The monoisotopic (exact) mass is 487 g/mol. The van der Waals surface area contributed by atoms with Crippen LogP contribution in [0.25, 0.3) is 32.3 Å². The van der Waals surface area contributed by atoms with Gasteiger partial charge in [-0.15, -0.1) is 0 Å². The maximum Gasteiger partial charge on any atom is 0.311 e. The van der Waals surface area contributed by atoms with E-state index in [0.29, 0.717) is 26.0 Å². The largest absolute Gasteiger partial charge is 0.464 e. The Labute approximate surface area is 213 Å². The molecule has 190 valence electrons. The highest BCUT2D eigenvalue weighted by molar-refractivity contribution is 6.23. The zero-order valence-electron chi connectivity index (χ0n) is 22.3. The number of hydrogen-bond acceptors (Lipinski definition) is 5. The summed E-state index contributed by atoms with van der Waals surface area (Å²) in [6, 6.07) is 19.0. The standard InChI is InChI=1S/C31H37NO4/c1-7-31(4,29(34)35-18-17-32(5)6)20-30(2,3)28(33)36-19-24-14-13-23-12-11-21-9-8-10-22-15-16-25(24)27(23)26(21)22/h8-16H,7,17-20H2,1-6H3. The number of carbonyl (C=O) groups excluding carboxylic acids is 2. The molecule has 4 aromatic carbocycles. The Morgan fingerprint density at radius 3 is 2.06 bits per heavy atom. The molecule has 0 radical (unpaired) electrons. The maximum absolute atomic E-state index is 13.2. The minimum atomic E-state index is -0.838. The lowest BCUT2D eigenvalue weighted by atomic mass is 9.72. The Morgan fingerprint density at radius 1 is 0.806 bits per heavy atom. The van der Waals surface area contributed by atoms with Crippen molar-refractivity contribution in [1.82, 2.24) is 4.90 Å². The van der Waals surface area contributed by atoms with E-state index in [9.17, 15) is 9.59 Å². The van der Waals surface area contributed by atoms with E-state index in [1.165, 1.54) is 26.9 Å². The predicted molar refractivity (Wildman–Crippen MR) is 146 cm³/mol. The van der Waals surface area contributed by atoms with Crippen molar-refractivity contribution in [1.29, 1.82) is 0 Å². The summed E-state index contributed by atoms with van der Waals surface area (Å²) in [5.74, 6) is -0.575. The van der Waals surface area contributed by atoms with E-state index in [4.69, 9.17) is 9.47 Å². The quantitative estimate of drug-likeness (QED) is 0.187. The van der Waals surface area contributed by atoms with E-state index in [0.717, 1.165) is 10.9 Å². The zero-order valence-corrected chi connectivity index (χ0v) is 22.3. The molecular formula is C31H37NO4. The summed E-state index contributed by atoms with van der Waals surface area (Å²) in [5.41, 5.74) is -0.622. The Bertz CT molecular complexity index is 1370. The van der Waals surface area contributed by atoms with Crippen molar-refractivity contribution >= 4 is 44.3 Å². The van der Waals surface area contributed by atoms with Crippen molar-refractivity contribution in [3.05, 3.63) is 60.2 Å². The number of esters is 2. The Morgan fingerprint density at radius 2 is 1.42 bits per heavy atom. The van der Waals surface area contributed by atoms with Gasteiger partial charge in [0.2, 0.25) is 0 Å². The van der Waals surface area contributed by atoms with Crippen LogP contribution in [0, 0.1) is 10.8 Å². The molecule has 36 heavy (non-hydrogen) atoms. The van der Waals surface area contributed by atoms with Gasteiger partial charge >= 0.3 is 11.9 Å². The average Bonchev–Trinajstić information content (AvgIpc) is 2.85. The van der Waals surface area contributed by atoms with Crippen molar-refractivity contribution in [3.63, 3.8) is 0 Å². The van der Waals surface area contributed by atoms with Gasteiger partial charge in [0, 0.05) is 6.54 Å². The second-order valence-corrected chi connectivity index (χ2v) is 11.1. The highest BCUT2D eigenvalue weighted by Crippen LogP contribution is 2.39. The molecule has 0 saturated carbocycles. The third kappa shape index (κ3) is 5.03. The lowest BCUT2D eigenvalue weighted by Crippen LogP contribution is -2.39. The number of benzene rings is 4. The molecule has 0 fully saturated rings. The highest BCUT2D eigenvalue weighted by atomic mass is 16.5. The van der Waals surface area contributed by atoms with Crippen LogP contribution in [0.1, 0.15) is 46.1 Å². The van der Waals surface area contributed by atoms with Gasteiger partial charge in [-0.1, -0.05) is 61.5 Å². The van der Waals surface area contributed by atoms with Crippen LogP contribution in [0.3, 0.4) is 0 Å². The third-order valence-electron chi connectivity index (χ3n) is 7.41. The second-order valence-electron chi connectivity index (χ2n) is 11.1.